The van der Waals surface area contributed by atoms with Crippen molar-refractivity contribution in [2.45, 2.75) is 0 Å². The Hall–Kier alpha value is -3.36. The van der Waals surface area contributed by atoms with Gasteiger partial charge in [-0.05, 0) is 17.7 Å². The number of benzene rings is 2. The van der Waals surface area contributed by atoms with Crippen molar-refractivity contribution in [3.05, 3.63) is 87.6 Å². The third kappa shape index (κ3) is 4.26. The minimum absolute atomic E-state index is 0.219. The van der Waals surface area contributed by atoms with Crippen LogP contribution in [0.1, 0.15) is 11.1 Å². The normalized spacial score (nSPS) is 17.5. The first kappa shape index (κ1) is 19.6. The molecule has 0 atom stereocenters. The highest BCUT2D eigenvalue weighted by molar-refractivity contribution is 8.17. The lowest BCUT2D eigenvalue weighted by Crippen LogP contribution is -2.38. The molecule has 1 aromatic heterocycles. The molecule has 2 aromatic carbocycles. The summed E-state index contributed by atoms with van der Waals surface area (Å²) in [6, 6.07) is 19.6. The van der Waals surface area contributed by atoms with E-state index in [4.69, 9.17) is 14.7 Å². The Morgan fingerprint density at radius 2 is 1.71 bits per heavy atom. The third-order valence-corrected chi connectivity index (χ3v) is 5.92. The van der Waals surface area contributed by atoms with E-state index in [0.29, 0.717) is 48.7 Å². The number of rotatable bonds is 3. The number of thioether (sulfide) groups is 1. The van der Waals surface area contributed by atoms with Crippen molar-refractivity contribution in [2.24, 2.45) is 4.99 Å². The molecule has 5 rings (SSSR count). The molecule has 2 aliphatic heterocycles. The SMILES string of the molecule is O=c1[nH]c(N2CCOCC2)nc2c1C(=Nc1ccccc1)SC=C(c1ccccc1)N2. The van der Waals surface area contributed by atoms with E-state index in [9.17, 15) is 4.79 Å². The van der Waals surface area contributed by atoms with Gasteiger partial charge in [-0.3, -0.25) is 9.78 Å². The number of nitrogens with one attached hydrogen (secondary N) is 2. The lowest BCUT2D eigenvalue weighted by Gasteiger charge is -2.27. The van der Waals surface area contributed by atoms with Crippen LogP contribution in [0.2, 0.25) is 0 Å². The van der Waals surface area contributed by atoms with E-state index in [1.54, 1.807) is 0 Å². The van der Waals surface area contributed by atoms with Crippen molar-refractivity contribution >= 4 is 40.0 Å². The average Bonchev–Trinajstić information content (AvgIpc) is 3.01. The fraction of sp³-hybridized carbons (Fsp3) is 0.174. The summed E-state index contributed by atoms with van der Waals surface area (Å²) in [5.74, 6) is 1.04. The monoisotopic (exact) mass is 431 g/mol. The molecular weight excluding hydrogens is 410 g/mol. The van der Waals surface area contributed by atoms with Crippen LogP contribution < -0.4 is 15.8 Å². The number of para-hydroxylation sites is 1. The number of aliphatic imine (C=N–C) groups is 1. The molecular formula is C23H21N5O2S. The van der Waals surface area contributed by atoms with Crippen LogP contribution in [-0.2, 0) is 4.74 Å². The molecule has 31 heavy (non-hydrogen) atoms. The molecule has 3 heterocycles. The van der Waals surface area contributed by atoms with Gasteiger partial charge >= 0.3 is 0 Å². The number of H-pyrrole nitrogens is 1. The van der Waals surface area contributed by atoms with Crippen LogP contribution >= 0.6 is 11.8 Å². The van der Waals surface area contributed by atoms with Gasteiger partial charge in [0.15, 0.2) is 0 Å². The highest BCUT2D eigenvalue weighted by Gasteiger charge is 2.24. The number of anilines is 2. The molecule has 0 amide bonds. The number of aromatic amines is 1. The molecule has 156 valence electrons. The molecule has 0 bridgehead atoms. The molecule has 0 saturated carbocycles. The van der Waals surface area contributed by atoms with Gasteiger partial charge in [0.25, 0.3) is 5.56 Å². The van der Waals surface area contributed by atoms with Crippen LogP contribution in [0.4, 0.5) is 17.5 Å². The Kier molecular flexibility index (Phi) is 5.56. The number of fused-ring (bicyclic) bond motifs is 1. The van der Waals surface area contributed by atoms with Gasteiger partial charge in [-0.1, -0.05) is 60.3 Å². The van der Waals surface area contributed by atoms with Crippen molar-refractivity contribution in [1.82, 2.24) is 9.97 Å². The second-order valence-corrected chi connectivity index (χ2v) is 7.96. The smallest absolute Gasteiger partial charge is 0.264 e. The van der Waals surface area contributed by atoms with Crippen molar-refractivity contribution in [1.29, 1.82) is 0 Å². The van der Waals surface area contributed by atoms with Crippen LogP contribution in [0.5, 0.6) is 0 Å². The topological polar surface area (TPSA) is 82.6 Å². The molecule has 1 saturated heterocycles. The zero-order valence-corrected chi connectivity index (χ0v) is 17.6. The maximum atomic E-state index is 13.2. The predicted octanol–water partition coefficient (Wildman–Crippen LogP) is 3.84. The molecule has 8 heteroatoms. The molecule has 0 aliphatic carbocycles. The summed E-state index contributed by atoms with van der Waals surface area (Å²) in [7, 11) is 0. The van der Waals surface area contributed by atoms with Gasteiger partial charge in [0.05, 0.1) is 24.6 Å². The van der Waals surface area contributed by atoms with Crippen molar-refractivity contribution < 1.29 is 4.74 Å². The van der Waals surface area contributed by atoms with Crippen molar-refractivity contribution in [2.75, 3.05) is 36.5 Å². The maximum Gasteiger partial charge on any atom is 0.264 e. The third-order valence-electron chi connectivity index (χ3n) is 5.04. The molecule has 0 unspecified atom stereocenters. The maximum absolute atomic E-state index is 13.2. The summed E-state index contributed by atoms with van der Waals surface area (Å²) in [5, 5.41) is 5.96. The Morgan fingerprint density at radius 1 is 1.00 bits per heavy atom. The van der Waals surface area contributed by atoms with E-state index < -0.39 is 0 Å². The Bertz CT molecular complexity index is 1190. The van der Waals surface area contributed by atoms with E-state index in [2.05, 4.69) is 10.3 Å². The molecule has 7 nitrogen and oxygen atoms in total. The van der Waals surface area contributed by atoms with Crippen LogP contribution in [0.15, 0.2) is 75.9 Å². The van der Waals surface area contributed by atoms with Gasteiger partial charge < -0.3 is 15.0 Å². The van der Waals surface area contributed by atoms with E-state index in [1.165, 1.54) is 11.8 Å². The number of ether oxygens (including phenoxy) is 1. The minimum atomic E-state index is -0.219. The van der Waals surface area contributed by atoms with Crippen LogP contribution in [0.3, 0.4) is 0 Å². The fourth-order valence-electron chi connectivity index (χ4n) is 3.47. The summed E-state index contributed by atoms with van der Waals surface area (Å²) >= 11 is 1.41. The second-order valence-electron chi connectivity index (χ2n) is 7.11. The fourth-order valence-corrected chi connectivity index (χ4v) is 4.36. The lowest BCUT2D eigenvalue weighted by molar-refractivity contribution is 0.122. The minimum Gasteiger partial charge on any atom is -0.378 e. The second kappa shape index (κ2) is 8.79. The summed E-state index contributed by atoms with van der Waals surface area (Å²) < 4.78 is 5.43. The predicted molar refractivity (Wildman–Crippen MR) is 126 cm³/mol. The average molecular weight is 432 g/mol. The summed E-state index contributed by atoms with van der Waals surface area (Å²) in [6.45, 7) is 2.59. The zero-order valence-electron chi connectivity index (χ0n) is 16.7. The summed E-state index contributed by atoms with van der Waals surface area (Å²) in [4.78, 5) is 27.7. The highest BCUT2D eigenvalue weighted by atomic mass is 32.2. The number of hydrogen-bond donors (Lipinski definition) is 2. The van der Waals surface area contributed by atoms with Crippen LogP contribution in [-0.4, -0.2) is 41.3 Å². The van der Waals surface area contributed by atoms with E-state index >= 15 is 0 Å². The molecule has 1 fully saturated rings. The first-order valence-electron chi connectivity index (χ1n) is 10.1. The number of aromatic nitrogens is 2. The molecule has 3 aromatic rings. The standard InChI is InChI=1S/C23H21N5O2S/c29-21-19-20(26-23(27-21)28-11-13-30-14-12-28)25-18(16-7-3-1-4-8-16)15-31-22(19)24-17-9-5-2-6-10-17/h1-10,15H,11-14H2,(H2,25,26,27,29). The van der Waals surface area contributed by atoms with E-state index in [-0.39, 0.29) is 5.56 Å². The number of nitrogens with zero attached hydrogens (tertiary/aromatic N) is 3. The lowest BCUT2D eigenvalue weighted by atomic mass is 10.2. The van der Waals surface area contributed by atoms with Crippen molar-refractivity contribution in [3.63, 3.8) is 0 Å². The molecule has 2 N–H and O–H groups in total. The first-order valence-corrected chi connectivity index (χ1v) is 11.0. The van der Waals surface area contributed by atoms with Gasteiger partial charge in [-0.25, -0.2) is 4.99 Å². The zero-order chi connectivity index (χ0) is 21.0. The van der Waals surface area contributed by atoms with Gasteiger partial charge in [0.2, 0.25) is 5.95 Å². The first-order chi connectivity index (χ1) is 15.3. The quantitative estimate of drug-likeness (QED) is 0.656. The van der Waals surface area contributed by atoms with E-state index in [1.807, 2.05) is 71.0 Å². The van der Waals surface area contributed by atoms with Gasteiger partial charge in [0, 0.05) is 18.5 Å². The summed E-state index contributed by atoms with van der Waals surface area (Å²) in [5.41, 5.74) is 2.88. The van der Waals surface area contributed by atoms with Gasteiger partial charge in [-0.2, -0.15) is 4.98 Å². The van der Waals surface area contributed by atoms with Gasteiger partial charge in [-0.15, -0.1) is 0 Å². The summed E-state index contributed by atoms with van der Waals surface area (Å²) in [6.07, 6.45) is 0. The Balaban J connectivity index is 1.63. The Labute approximate surface area is 183 Å². The van der Waals surface area contributed by atoms with Crippen LogP contribution in [0, 0.1) is 0 Å². The highest BCUT2D eigenvalue weighted by Crippen LogP contribution is 2.31. The van der Waals surface area contributed by atoms with Crippen molar-refractivity contribution in [3.8, 4) is 0 Å². The molecule has 2 aliphatic rings. The molecule has 0 spiro atoms. The largest absolute Gasteiger partial charge is 0.378 e. The number of morpholine rings is 1. The van der Waals surface area contributed by atoms with Gasteiger partial charge in [0.1, 0.15) is 16.4 Å². The molecule has 0 radical (unpaired) electrons. The number of hydrogen-bond acceptors (Lipinski definition) is 7. The van der Waals surface area contributed by atoms with Crippen LogP contribution in [0.25, 0.3) is 5.70 Å². The van der Waals surface area contributed by atoms with E-state index in [0.717, 1.165) is 16.9 Å². The Morgan fingerprint density at radius 3 is 2.45 bits per heavy atom.